The maximum atomic E-state index is 12.5. The summed E-state index contributed by atoms with van der Waals surface area (Å²) in [5, 5.41) is 7.38. The molecule has 1 aromatic carbocycles. The summed E-state index contributed by atoms with van der Waals surface area (Å²) in [5.74, 6) is 0.0221. The lowest BCUT2D eigenvalue weighted by Crippen LogP contribution is -2.29. The van der Waals surface area contributed by atoms with Crippen molar-refractivity contribution >= 4 is 5.91 Å². The van der Waals surface area contributed by atoms with E-state index in [0.29, 0.717) is 12.8 Å². The van der Waals surface area contributed by atoms with Crippen molar-refractivity contribution in [1.29, 1.82) is 0 Å². The molecule has 0 aliphatic heterocycles. The number of nitrogens with one attached hydrogen (secondary N) is 1. The molecule has 5 nitrogen and oxygen atoms in total. The zero-order valence-electron chi connectivity index (χ0n) is 14.5. The third-order valence-electron chi connectivity index (χ3n) is 4.44. The van der Waals surface area contributed by atoms with Crippen LogP contribution in [-0.2, 0) is 18.3 Å². The highest BCUT2D eigenvalue weighted by Crippen LogP contribution is 2.21. The molecule has 1 N–H and O–H groups in total. The minimum atomic E-state index is -0.174. The molecule has 1 atom stereocenters. The summed E-state index contributed by atoms with van der Waals surface area (Å²) >= 11 is 0. The van der Waals surface area contributed by atoms with Gasteiger partial charge in [-0.1, -0.05) is 30.3 Å². The minimum absolute atomic E-state index is 0.0221. The number of nitrogens with zero attached hydrogens (tertiary/aromatic N) is 3. The lowest BCUT2D eigenvalue weighted by molar-refractivity contribution is -0.121. The van der Waals surface area contributed by atoms with Crippen molar-refractivity contribution in [1.82, 2.24) is 20.1 Å². The fourth-order valence-corrected chi connectivity index (χ4v) is 2.83. The van der Waals surface area contributed by atoms with Crippen molar-refractivity contribution < 1.29 is 4.79 Å². The van der Waals surface area contributed by atoms with Gasteiger partial charge in [0.25, 0.3) is 0 Å². The molecule has 0 aliphatic rings. The molecular formula is C20H22N4O. The van der Waals surface area contributed by atoms with Gasteiger partial charge in [0, 0.05) is 31.6 Å². The largest absolute Gasteiger partial charge is 0.345 e. The van der Waals surface area contributed by atoms with Crippen LogP contribution in [0, 0.1) is 6.92 Å². The lowest BCUT2D eigenvalue weighted by atomic mass is 9.99. The van der Waals surface area contributed by atoms with Crippen LogP contribution in [0.1, 0.15) is 34.8 Å². The smallest absolute Gasteiger partial charge is 0.221 e. The number of pyridine rings is 1. The van der Waals surface area contributed by atoms with Gasteiger partial charge >= 0.3 is 0 Å². The highest BCUT2D eigenvalue weighted by atomic mass is 16.1. The SMILES string of the molecule is Cc1c(CCC(=O)N[C@@H](c2ccccc2)c2ccncc2)cnn1C. The summed E-state index contributed by atoms with van der Waals surface area (Å²) < 4.78 is 1.83. The number of carbonyl (C=O) groups is 1. The first-order chi connectivity index (χ1) is 12.1. The van der Waals surface area contributed by atoms with Crippen LogP contribution >= 0.6 is 0 Å². The predicted molar refractivity (Wildman–Crippen MR) is 96.9 cm³/mol. The summed E-state index contributed by atoms with van der Waals surface area (Å²) in [6, 6.07) is 13.7. The first-order valence-electron chi connectivity index (χ1n) is 8.37. The Bertz CT molecular complexity index is 788. The first kappa shape index (κ1) is 16.9. The molecule has 0 saturated carbocycles. The molecule has 0 unspecified atom stereocenters. The number of aromatic nitrogens is 3. The highest BCUT2D eigenvalue weighted by molar-refractivity contribution is 5.77. The summed E-state index contributed by atoms with van der Waals surface area (Å²) in [6.45, 7) is 2.02. The van der Waals surface area contributed by atoms with E-state index in [-0.39, 0.29) is 11.9 Å². The Morgan fingerprint density at radius 2 is 1.80 bits per heavy atom. The molecule has 0 radical (unpaired) electrons. The number of aryl methyl sites for hydroxylation is 2. The maximum absolute atomic E-state index is 12.5. The summed E-state index contributed by atoms with van der Waals surface area (Å²) in [6.07, 6.45) is 6.44. The molecule has 1 amide bonds. The van der Waals surface area contributed by atoms with E-state index in [4.69, 9.17) is 0 Å². The summed E-state index contributed by atoms with van der Waals surface area (Å²) in [7, 11) is 1.91. The normalized spacial score (nSPS) is 11.9. The third kappa shape index (κ3) is 4.12. The van der Waals surface area contributed by atoms with E-state index in [1.807, 2.05) is 67.3 Å². The molecule has 0 bridgehead atoms. The second-order valence-corrected chi connectivity index (χ2v) is 6.07. The van der Waals surface area contributed by atoms with E-state index >= 15 is 0 Å². The molecule has 5 heteroatoms. The van der Waals surface area contributed by atoms with E-state index in [2.05, 4.69) is 15.4 Å². The molecule has 2 heterocycles. The standard InChI is InChI=1S/C20H22N4O/c1-15-18(14-22-24(15)2)8-9-19(25)23-20(16-6-4-3-5-7-16)17-10-12-21-13-11-17/h3-7,10-14,20H,8-9H2,1-2H3,(H,23,25)/t20-/m0/s1. The average Bonchev–Trinajstić information content (AvgIpc) is 2.98. The van der Waals surface area contributed by atoms with Crippen LogP contribution in [0.15, 0.2) is 61.1 Å². The quantitative estimate of drug-likeness (QED) is 0.754. The Morgan fingerprint density at radius 1 is 1.12 bits per heavy atom. The second-order valence-electron chi connectivity index (χ2n) is 6.07. The van der Waals surface area contributed by atoms with Crippen LogP contribution in [-0.4, -0.2) is 20.7 Å². The van der Waals surface area contributed by atoms with Crippen LogP contribution in [0.25, 0.3) is 0 Å². The predicted octanol–water partition coefficient (Wildman–Crippen LogP) is 2.96. The Labute approximate surface area is 147 Å². The molecule has 0 fully saturated rings. The Hall–Kier alpha value is -2.95. The number of benzene rings is 1. The molecule has 128 valence electrons. The van der Waals surface area contributed by atoms with E-state index < -0.39 is 0 Å². The summed E-state index contributed by atoms with van der Waals surface area (Å²) in [5.41, 5.74) is 4.28. The van der Waals surface area contributed by atoms with Gasteiger partial charge in [-0.2, -0.15) is 5.10 Å². The molecule has 0 spiro atoms. The lowest BCUT2D eigenvalue weighted by Gasteiger charge is -2.19. The van der Waals surface area contributed by atoms with Crippen molar-refractivity contribution in [3.8, 4) is 0 Å². The van der Waals surface area contributed by atoms with Gasteiger partial charge in [-0.05, 0) is 42.2 Å². The van der Waals surface area contributed by atoms with Gasteiger partial charge < -0.3 is 5.32 Å². The third-order valence-corrected chi connectivity index (χ3v) is 4.44. The van der Waals surface area contributed by atoms with Gasteiger partial charge in [-0.3, -0.25) is 14.5 Å². The molecule has 25 heavy (non-hydrogen) atoms. The van der Waals surface area contributed by atoms with Gasteiger partial charge in [0.05, 0.1) is 12.2 Å². The van der Waals surface area contributed by atoms with Crippen LogP contribution in [0.5, 0.6) is 0 Å². The van der Waals surface area contributed by atoms with E-state index in [9.17, 15) is 4.79 Å². The Balaban J connectivity index is 1.72. The van der Waals surface area contributed by atoms with Gasteiger partial charge in [-0.25, -0.2) is 0 Å². The Morgan fingerprint density at radius 3 is 2.44 bits per heavy atom. The second kappa shape index (κ2) is 7.75. The van der Waals surface area contributed by atoms with Crippen molar-refractivity contribution in [2.24, 2.45) is 7.05 Å². The first-order valence-corrected chi connectivity index (χ1v) is 8.37. The number of hydrogen-bond acceptors (Lipinski definition) is 3. The van der Waals surface area contributed by atoms with Crippen LogP contribution < -0.4 is 5.32 Å². The van der Waals surface area contributed by atoms with Gasteiger partial charge in [-0.15, -0.1) is 0 Å². The number of hydrogen-bond donors (Lipinski definition) is 1. The van der Waals surface area contributed by atoms with E-state index in [1.54, 1.807) is 12.4 Å². The highest BCUT2D eigenvalue weighted by Gasteiger charge is 2.17. The monoisotopic (exact) mass is 334 g/mol. The van der Waals surface area contributed by atoms with Crippen molar-refractivity contribution in [3.63, 3.8) is 0 Å². The average molecular weight is 334 g/mol. The van der Waals surface area contributed by atoms with Gasteiger partial charge in [0.1, 0.15) is 0 Å². The van der Waals surface area contributed by atoms with Crippen molar-refractivity contribution in [2.45, 2.75) is 25.8 Å². The molecule has 0 saturated heterocycles. The van der Waals surface area contributed by atoms with Crippen molar-refractivity contribution in [2.75, 3.05) is 0 Å². The van der Waals surface area contributed by atoms with Crippen LogP contribution in [0.3, 0.4) is 0 Å². The summed E-state index contributed by atoms with van der Waals surface area (Å²) in [4.78, 5) is 16.6. The molecule has 0 aliphatic carbocycles. The van der Waals surface area contributed by atoms with E-state index in [0.717, 1.165) is 22.4 Å². The Kier molecular flexibility index (Phi) is 5.23. The maximum Gasteiger partial charge on any atom is 0.221 e. The number of carbonyl (C=O) groups excluding carboxylic acids is 1. The van der Waals surface area contributed by atoms with Crippen molar-refractivity contribution in [3.05, 3.63) is 83.4 Å². The fraction of sp³-hybridized carbons (Fsp3) is 0.250. The molecular weight excluding hydrogens is 312 g/mol. The molecule has 3 aromatic rings. The zero-order valence-corrected chi connectivity index (χ0v) is 14.5. The van der Waals surface area contributed by atoms with Crippen LogP contribution in [0.4, 0.5) is 0 Å². The number of amides is 1. The fourth-order valence-electron chi connectivity index (χ4n) is 2.83. The van der Waals surface area contributed by atoms with Gasteiger partial charge in [0.2, 0.25) is 5.91 Å². The van der Waals surface area contributed by atoms with Gasteiger partial charge in [0.15, 0.2) is 0 Å². The topological polar surface area (TPSA) is 59.8 Å². The molecule has 3 rings (SSSR count). The molecule has 2 aromatic heterocycles. The van der Waals surface area contributed by atoms with E-state index in [1.165, 1.54) is 0 Å². The zero-order chi connectivity index (χ0) is 17.6. The minimum Gasteiger partial charge on any atom is -0.345 e. The number of rotatable bonds is 6. The van der Waals surface area contributed by atoms with Crippen LogP contribution in [0.2, 0.25) is 0 Å².